The van der Waals surface area contributed by atoms with Crippen LogP contribution in [-0.4, -0.2) is 42.5 Å². The zero-order chi connectivity index (χ0) is 19.9. The molecule has 3 rings (SSSR count). The first-order valence-electron chi connectivity index (χ1n) is 8.79. The minimum absolute atomic E-state index is 0.0880. The Hall–Kier alpha value is -2.51. The van der Waals surface area contributed by atoms with Crippen LogP contribution in [0.4, 0.5) is 0 Å². The summed E-state index contributed by atoms with van der Waals surface area (Å²) in [5.41, 5.74) is 0.849. The largest absolute Gasteiger partial charge is 0.493 e. The lowest BCUT2D eigenvalue weighted by Gasteiger charge is -2.12. The Morgan fingerprint density at radius 3 is 2.25 bits per heavy atom. The Morgan fingerprint density at radius 2 is 1.61 bits per heavy atom. The van der Waals surface area contributed by atoms with Crippen molar-refractivity contribution >= 4 is 40.3 Å². The van der Waals surface area contributed by atoms with E-state index in [-0.39, 0.29) is 5.91 Å². The monoisotopic (exact) mass is 415 g/mol. The van der Waals surface area contributed by atoms with Crippen molar-refractivity contribution in [2.75, 3.05) is 27.4 Å². The van der Waals surface area contributed by atoms with E-state index in [2.05, 4.69) is 0 Å². The van der Waals surface area contributed by atoms with Crippen LogP contribution in [0.2, 0.25) is 0 Å². The zero-order valence-corrected chi connectivity index (χ0v) is 17.3. The van der Waals surface area contributed by atoms with Crippen LogP contribution in [0.25, 0.3) is 6.08 Å². The maximum atomic E-state index is 12.2. The Morgan fingerprint density at radius 1 is 1.00 bits per heavy atom. The summed E-state index contributed by atoms with van der Waals surface area (Å²) < 4.78 is 17.5. The number of carbonyl (C=O) groups is 1. The molecule has 0 aliphatic carbocycles. The van der Waals surface area contributed by atoms with Crippen LogP contribution >= 0.6 is 24.0 Å². The number of methoxy groups -OCH3 is 1. The summed E-state index contributed by atoms with van der Waals surface area (Å²) in [4.78, 5) is 14.3. The maximum Gasteiger partial charge on any atom is 0.265 e. The fraction of sp³-hybridized carbons (Fsp3) is 0.238. The van der Waals surface area contributed by atoms with Gasteiger partial charge in [-0.05, 0) is 24.3 Å². The molecule has 1 heterocycles. The molecule has 28 heavy (non-hydrogen) atoms. The van der Waals surface area contributed by atoms with Gasteiger partial charge < -0.3 is 14.2 Å². The molecule has 5 nitrogen and oxygen atoms in total. The van der Waals surface area contributed by atoms with Gasteiger partial charge in [-0.3, -0.25) is 9.69 Å². The Bertz CT molecular complexity index is 897. The summed E-state index contributed by atoms with van der Waals surface area (Å²) in [6.45, 7) is 1.01. The van der Waals surface area contributed by atoms with Gasteiger partial charge in [-0.1, -0.05) is 54.3 Å². The second kappa shape index (κ2) is 9.61. The number of nitrogens with zero attached hydrogens (tertiary/aromatic N) is 1. The van der Waals surface area contributed by atoms with Gasteiger partial charge in [0.25, 0.3) is 5.91 Å². The molecule has 0 bridgehead atoms. The van der Waals surface area contributed by atoms with Crippen molar-refractivity contribution < 1.29 is 19.0 Å². The number of amides is 1. The molecule has 0 unspecified atom stereocenters. The average Bonchev–Trinajstić information content (AvgIpc) is 2.96. The topological polar surface area (TPSA) is 48.0 Å². The third-order valence-corrected chi connectivity index (χ3v) is 5.55. The second-order valence-corrected chi connectivity index (χ2v) is 7.66. The Balaban J connectivity index is 1.56. The SMILES string of the molecule is COc1ccccc1OCCCOc1ccccc1C=C1SC(=S)N(C)C1=O. The number of hydrogen-bond donors (Lipinski definition) is 0. The highest BCUT2D eigenvalue weighted by Gasteiger charge is 2.28. The van der Waals surface area contributed by atoms with Crippen molar-refractivity contribution in [2.24, 2.45) is 0 Å². The predicted molar refractivity (Wildman–Crippen MR) is 116 cm³/mol. The highest BCUT2D eigenvalue weighted by Crippen LogP contribution is 2.33. The van der Waals surface area contributed by atoms with Gasteiger partial charge in [-0.15, -0.1) is 0 Å². The first kappa shape index (κ1) is 20.2. The van der Waals surface area contributed by atoms with E-state index in [1.54, 1.807) is 14.2 Å². The Kier molecular flexibility index (Phi) is 6.95. The summed E-state index contributed by atoms with van der Waals surface area (Å²) >= 11 is 6.48. The number of rotatable bonds is 8. The minimum atomic E-state index is -0.0880. The van der Waals surface area contributed by atoms with Crippen LogP contribution < -0.4 is 14.2 Å². The van der Waals surface area contributed by atoms with Crippen LogP contribution in [0, 0.1) is 0 Å². The van der Waals surface area contributed by atoms with Crippen molar-refractivity contribution in [2.45, 2.75) is 6.42 Å². The van der Waals surface area contributed by atoms with Gasteiger partial charge >= 0.3 is 0 Å². The van der Waals surface area contributed by atoms with E-state index in [0.717, 1.165) is 11.3 Å². The molecule has 2 aromatic rings. The number of thioether (sulfide) groups is 1. The summed E-state index contributed by atoms with van der Waals surface area (Å²) in [7, 11) is 3.30. The van der Waals surface area contributed by atoms with Crippen LogP contribution in [0.15, 0.2) is 53.4 Å². The average molecular weight is 416 g/mol. The molecule has 1 aliphatic heterocycles. The molecule has 1 fully saturated rings. The smallest absolute Gasteiger partial charge is 0.265 e. The second-order valence-electron chi connectivity index (χ2n) is 5.98. The van der Waals surface area contributed by atoms with Gasteiger partial charge in [-0.25, -0.2) is 0 Å². The Labute approximate surface area is 174 Å². The maximum absolute atomic E-state index is 12.2. The van der Waals surface area contributed by atoms with Crippen molar-refractivity contribution in [1.29, 1.82) is 0 Å². The molecule has 7 heteroatoms. The number of ether oxygens (including phenoxy) is 3. The molecular formula is C21H21NO4S2. The molecule has 0 spiro atoms. The predicted octanol–water partition coefficient (Wildman–Crippen LogP) is 4.37. The minimum Gasteiger partial charge on any atom is -0.493 e. The van der Waals surface area contributed by atoms with Gasteiger partial charge in [0.1, 0.15) is 10.1 Å². The highest BCUT2D eigenvalue weighted by molar-refractivity contribution is 8.26. The quantitative estimate of drug-likeness (QED) is 0.362. The van der Waals surface area contributed by atoms with E-state index in [1.165, 1.54) is 16.7 Å². The van der Waals surface area contributed by atoms with E-state index >= 15 is 0 Å². The molecule has 2 aromatic carbocycles. The van der Waals surface area contributed by atoms with Crippen molar-refractivity contribution in [1.82, 2.24) is 4.90 Å². The number of carbonyl (C=O) groups excluding carboxylic acids is 1. The normalized spacial score (nSPS) is 15.2. The number of thiocarbonyl (C=S) groups is 1. The molecule has 0 N–H and O–H groups in total. The molecule has 0 radical (unpaired) electrons. The van der Waals surface area contributed by atoms with E-state index in [0.29, 0.717) is 40.4 Å². The lowest BCUT2D eigenvalue weighted by Crippen LogP contribution is -2.22. The van der Waals surface area contributed by atoms with Crippen molar-refractivity contribution in [3.63, 3.8) is 0 Å². The molecule has 1 saturated heterocycles. The number of likely N-dealkylation sites (N-methyl/N-ethyl adjacent to an activating group) is 1. The first-order chi connectivity index (χ1) is 13.6. The lowest BCUT2D eigenvalue weighted by molar-refractivity contribution is -0.121. The molecule has 1 aliphatic rings. The van der Waals surface area contributed by atoms with Crippen LogP contribution in [0.1, 0.15) is 12.0 Å². The van der Waals surface area contributed by atoms with Crippen molar-refractivity contribution in [3.8, 4) is 17.2 Å². The summed E-state index contributed by atoms with van der Waals surface area (Å²) in [6.07, 6.45) is 2.53. The third kappa shape index (κ3) is 4.85. The van der Waals surface area contributed by atoms with Crippen molar-refractivity contribution in [3.05, 3.63) is 59.0 Å². The van der Waals surface area contributed by atoms with Gasteiger partial charge in [0.15, 0.2) is 11.5 Å². The van der Waals surface area contributed by atoms with E-state index in [1.807, 2.05) is 54.6 Å². The molecule has 0 atom stereocenters. The lowest BCUT2D eigenvalue weighted by atomic mass is 10.2. The summed E-state index contributed by atoms with van der Waals surface area (Å²) in [5.74, 6) is 2.06. The van der Waals surface area contributed by atoms with Crippen LogP contribution in [0.5, 0.6) is 17.2 Å². The molecule has 146 valence electrons. The standard InChI is InChI=1S/C21H21NO4S2/c1-22-20(23)19(28-21(22)27)14-15-8-3-4-9-16(15)25-12-7-13-26-18-11-6-5-10-17(18)24-2/h3-6,8-11,14H,7,12-13H2,1-2H3. The number of para-hydroxylation sites is 3. The first-order valence-corrected chi connectivity index (χ1v) is 10.0. The molecular weight excluding hydrogens is 394 g/mol. The highest BCUT2D eigenvalue weighted by atomic mass is 32.2. The van der Waals surface area contributed by atoms with E-state index < -0.39 is 0 Å². The molecule has 0 aromatic heterocycles. The molecule has 1 amide bonds. The van der Waals surface area contributed by atoms with E-state index in [4.69, 9.17) is 26.4 Å². The number of benzene rings is 2. The van der Waals surface area contributed by atoms with Gasteiger partial charge in [0.05, 0.1) is 25.2 Å². The summed E-state index contributed by atoms with van der Waals surface area (Å²) in [5, 5.41) is 0. The van der Waals surface area contributed by atoms with Crippen LogP contribution in [0.3, 0.4) is 0 Å². The van der Waals surface area contributed by atoms with Gasteiger partial charge in [0, 0.05) is 19.0 Å². The van der Waals surface area contributed by atoms with Gasteiger partial charge in [0.2, 0.25) is 0 Å². The third-order valence-electron chi connectivity index (χ3n) is 4.07. The summed E-state index contributed by atoms with van der Waals surface area (Å²) in [6, 6.07) is 15.2. The fourth-order valence-electron chi connectivity index (χ4n) is 2.58. The molecule has 0 saturated carbocycles. The fourth-order valence-corrected chi connectivity index (χ4v) is 3.75. The van der Waals surface area contributed by atoms with Crippen LogP contribution in [-0.2, 0) is 4.79 Å². The van der Waals surface area contributed by atoms with Gasteiger partial charge in [-0.2, -0.15) is 0 Å². The number of hydrogen-bond acceptors (Lipinski definition) is 6. The van der Waals surface area contributed by atoms with E-state index in [9.17, 15) is 4.79 Å². The zero-order valence-electron chi connectivity index (χ0n) is 15.7.